The summed E-state index contributed by atoms with van der Waals surface area (Å²) in [5.74, 6) is 0. The van der Waals surface area contributed by atoms with Crippen LogP contribution in [0.25, 0.3) is 11.0 Å². The molecule has 1 N–H and O–H groups in total. The minimum atomic E-state index is 0.335. The normalized spacial score (nSPS) is 10.0. The molecule has 2 rings (SSSR count). The predicted molar refractivity (Wildman–Crippen MR) is 45.8 cm³/mol. The standard InChI is InChI=1S/C8H4ClN3/c9-7-3-5(4-10)6-1-2-11-8(6)12-7/h1-3H,(H,11,12). The van der Waals surface area contributed by atoms with Crippen molar-refractivity contribution in [1.82, 2.24) is 9.97 Å². The molecule has 0 fully saturated rings. The van der Waals surface area contributed by atoms with Crippen LogP contribution in [0, 0.1) is 11.3 Å². The first kappa shape index (κ1) is 7.14. The van der Waals surface area contributed by atoms with Gasteiger partial charge < -0.3 is 4.98 Å². The van der Waals surface area contributed by atoms with E-state index in [0.29, 0.717) is 16.4 Å². The molecule has 2 aromatic heterocycles. The van der Waals surface area contributed by atoms with Gasteiger partial charge in [-0.25, -0.2) is 4.98 Å². The first-order valence-corrected chi connectivity index (χ1v) is 3.73. The summed E-state index contributed by atoms with van der Waals surface area (Å²) in [6.07, 6.45) is 1.73. The van der Waals surface area contributed by atoms with E-state index >= 15 is 0 Å². The topological polar surface area (TPSA) is 52.5 Å². The van der Waals surface area contributed by atoms with Gasteiger partial charge in [-0.2, -0.15) is 5.26 Å². The van der Waals surface area contributed by atoms with Crippen molar-refractivity contribution >= 4 is 22.6 Å². The fourth-order valence-corrected chi connectivity index (χ4v) is 1.29. The Bertz CT molecular complexity index is 467. The maximum absolute atomic E-state index is 8.73. The number of halogens is 1. The molecule has 0 aromatic carbocycles. The number of nitrogens with zero attached hydrogens (tertiary/aromatic N) is 2. The average Bonchev–Trinajstić information content (AvgIpc) is 2.50. The predicted octanol–water partition coefficient (Wildman–Crippen LogP) is 2.09. The molecule has 0 atom stereocenters. The van der Waals surface area contributed by atoms with Gasteiger partial charge in [-0.3, -0.25) is 0 Å². The zero-order valence-electron chi connectivity index (χ0n) is 6.00. The Labute approximate surface area is 73.6 Å². The molecular formula is C8H4ClN3. The van der Waals surface area contributed by atoms with Crippen LogP contribution >= 0.6 is 11.6 Å². The highest BCUT2D eigenvalue weighted by Crippen LogP contribution is 2.18. The van der Waals surface area contributed by atoms with E-state index in [9.17, 15) is 0 Å². The van der Waals surface area contributed by atoms with Crippen LogP contribution in [0.4, 0.5) is 0 Å². The Kier molecular flexibility index (Phi) is 1.49. The summed E-state index contributed by atoms with van der Waals surface area (Å²) in [6.45, 7) is 0. The van der Waals surface area contributed by atoms with Crippen molar-refractivity contribution in [3.05, 3.63) is 29.0 Å². The molecular weight excluding hydrogens is 174 g/mol. The van der Waals surface area contributed by atoms with Crippen LogP contribution < -0.4 is 0 Å². The smallest absolute Gasteiger partial charge is 0.140 e. The van der Waals surface area contributed by atoms with E-state index in [1.54, 1.807) is 18.3 Å². The minimum absolute atomic E-state index is 0.335. The van der Waals surface area contributed by atoms with Crippen molar-refractivity contribution in [3.63, 3.8) is 0 Å². The number of H-pyrrole nitrogens is 1. The van der Waals surface area contributed by atoms with Crippen molar-refractivity contribution in [1.29, 1.82) is 5.26 Å². The number of aromatic nitrogens is 2. The third kappa shape index (κ3) is 0.936. The summed E-state index contributed by atoms with van der Waals surface area (Å²) in [5.41, 5.74) is 1.20. The SMILES string of the molecule is N#Cc1cc(Cl)nc2[nH]ccc12. The second kappa shape index (κ2) is 2.50. The Morgan fingerprint density at radius 1 is 1.58 bits per heavy atom. The largest absolute Gasteiger partial charge is 0.346 e. The van der Waals surface area contributed by atoms with E-state index in [1.807, 2.05) is 0 Å². The molecule has 0 bridgehead atoms. The van der Waals surface area contributed by atoms with Gasteiger partial charge in [0.15, 0.2) is 0 Å². The fourth-order valence-electron chi connectivity index (χ4n) is 1.10. The Morgan fingerprint density at radius 2 is 2.42 bits per heavy atom. The molecule has 0 aliphatic rings. The van der Waals surface area contributed by atoms with Gasteiger partial charge >= 0.3 is 0 Å². The molecule has 2 aromatic rings. The minimum Gasteiger partial charge on any atom is -0.346 e. The Morgan fingerprint density at radius 3 is 3.17 bits per heavy atom. The van der Waals surface area contributed by atoms with Gasteiger partial charge in [-0.05, 0) is 12.1 Å². The van der Waals surface area contributed by atoms with Crippen LogP contribution in [0.3, 0.4) is 0 Å². The summed E-state index contributed by atoms with van der Waals surface area (Å²) < 4.78 is 0. The fraction of sp³-hybridized carbons (Fsp3) is 0. The molecule has 3 nitrogen and oxygen atoms in total. The van der Waals surface area contributed by atoms with Crippen molar-refractivity contribution in [2.75, 3.05) is 0 Å². The van der Waals surface area contributed by atoms with Crippen molar-refractivity contribution in [2.24, 2.45) is 0 Å². The number of nitrogens with one attached hydrogen (secondary N) is 1. The zero-order valence-corrected chi connectivity index (χ0v) is 6.76. The highest BCUT2D eigenvalue weighted by Gasteiger charge is 2.03. The lowest BCUT2D eigenvalue weighted by Crippen LogP contribution is -1.82. The van der Waals surface area contributed by atoms with Gasteiger partial charge in [0.1, 0.15) is 16.9 Å². The van der Waals surface area contributed by atoms with Crippen LogP contribution in [0.1, 0.15) is 5.56 Å². The third-order valence-electron chi connectivity index (χ3n) is 1.62. The Hall–Kier alpha value is -1.53. The lowest BCUT2D eigenvalue weighted by atomic mass is 10.2. The molecule has 0 spiro atoms. The maximum Gasteiger partial charge on any atom is 0.140 e. The van der Waals surface area contributed by atoms with Crippen LogP contribution in [-0.2, 0) is 0 Å². The number of rotatable bonds is 0. The number of pyridine rings is 1. The van der Waals surface area contributed by atoms with Gasteiger partial charge in [-0.1, -0.05) is 11.6 Å². The summed E-state index contributed by atoms with van der Waals surface area (Å²) in [6, 6.07) is 5.41. The van der Waals surface area contributed by atoms with E-state index in [1.165, 1.54) is 0 Å². The van der Waals surface area contributed by atoms with Gasteiger partial charge in [0.25, 0.3) is 0 Å². The average molecular weight is 178 g/mol. The number of fused-ring (bicyclic) bond motifs is 1. The van der Waals surface area contributed by atoms with Gasteiger partial charge in [-0.15, -0.1) is 0 Å². The highest BCUT2D eigenvalue weighted by molar-refractivity contribution is 6.30. The number of nitriles is 1. The van der Waals surface area contributed by atoms with E-state index in [-0.39, 0.29) is 0 Å². The summed E-state index contributed by atoms with van der Waals surface area (Å²) >= 11 is 5.68. The van der Waals surface area contributed by atoms with Crippen LogP contribution in [0.15, 0.2) is 18.3 Å². The molecule has 0 saturated carbocycles. The number of aromatic amines is 1. The number of hydrogen-bond donors (Lipinski definition) is 1. The van der Waals surface area contributed by atoms with Crippen molar-refractivity contribution in [2.45, 2.75) is 0 Å². The lowest BCUT2D eigenvalue weighted by molar-refractivity contribution is 1.32. The van der Waals surface area contributed by atoms with Crippen LogP contribution in [-0.4, -0.2) is 9.97 Å². The van der Waals surface area contributed by atoms with E-state index in [0.717, 1.165) is 5.39 Å². The zero-order chi connectivity index (χ0) is 8.55. The molecule has 0 saturated heterocycles. The first-order valence-electron chi connectivity index (χ1n) is 3.35. The maximum atomic E-state index is 8.73. The summed E-state index contributed by atoms with van der Waals surface area (Å²) in [5, 5.41) is 9.87. The second-order valence-corrected chi connectivity index (χ2v) is 2.73. The number of hydrogen-bond acceptors (Lipinski definition) is 2. The van der Waals surface area contributed by atoms with E-state index in [4.69, 9.17) is 16.9 Å². The van der Waals surface area contributed by atoms with E-state index in [2.05, 4.69) is 16.0 Å². The van der Waals surface area contributed by atoms with E-state index < -0.39 is 0 Å². The third-order valence-corrected chi connectivity index (χ3v) is 1.81. The monoisotopic (exact) mass is 177 g/mol. The van der Waals surface area contributed by atoms with Crippen LogP contribution in [0.2, 0.25) is 5.15 Å². The second-order valence-electron chi connectivity index (χ2n) is 2.34. The molecule has 0 aliphatic heterocycles. The van der Waals surface area contributed by atoms with Gasteiger partial charge in [0.05, 0.1) is 5.56 Å². The molecule has 0 radical (unpaired) electrons. The van der Waals surface area contributed by atoms with Crippen molar-refractivity contribution in [3.8, 4) is 6.07 Å². The molecule has 4 heteroatoms. The lowest BCUT2D eigenvalue weighted by Gasteiger charge is -1.93. The molecule has 0 aliphatic carbocycles. The molecule has 0 unspecified atom stereocenters. The molecule has 12 heavy (non-hydrogen) atoms. The Balaban J connectivity index is 2.91. The summed E-state index contributed by atoms with van der Waals surface area (Å²) in [7, 11) is 0. The molecule has 58 valence electrons. The van der Waals surface area contributed by atoms with Crippen LogP contribution in [0.5, 0.6) is 0 Å². The van der Waals surface area contributed by atoms with Gasteiger partial charge in [0, 0.05) is 11.6 Å². The molecule has 0 amide bonds. The highest BCUT2D eigenvalue weighted by atomic mass is 35.5. The van der Waals surface area contributed by atoms with Crippen molar-refractivity contribution < 1.29 is 0 Å². The quantitative estimate of drug-likeness (QED) is 0.627. The summed E-state index contributed by atoms with van der Waals surface area (Å²) in [4.78, 5) is 6.89. The molecule has 2 heterocycles. The van der Waals surface area contributed by atoms with Gasteiger partial charge in [0.2, 0.25) is 0 Å². The first-order chi connectivity index (χ1) is 5.81.